The normalized spacial score (nSPS) is 20.8. The Bertz CT molecular complexity index is 1280. The van der Waals surface area contributed by atoms with Gasteiger partial charge < -0.3 is 15.4 Å². The molecule has 1 heterocycles. The molecule has 0 fully saturated rings. The summed E-state index contributed by atoms with van der Waals surface area (Å²) in [6.07, 6.45) is 1.27. The fraction of sp³-hybridized carbons (Fsp3) is 0.231. The highest BCUT2D eigenvalue weighted by Crippen LogP contribution is 2.54. The third kappa shape index (κ3) is 3.92. The zero-order valence-electron chi connectivity index (χ0n) is 18.1. The van der Waals surface area contributed by atoms with E-state index in [0.29, 0.717) is 5.57 Å². The first-order chi connectivity index (χ1) is 16.4. The molecule has 2 aliphatic rings. The number of ether oxygens (including phenoxy) is 1. The van der Waals surface area contributed by atoms with Crippen LogP contribution in [-0.2, 0) is 11.3 Å². The Morgan fingerprint density at radius 2 is 1.79 bits per heavy atom. The first-order valence-corrected chi connectivity index (χ1v) is 11.4. The Morgan fingerprint density at radius 1 is 1.12 bits per heavy atom. The lowest BCUT2D eigenvalue weighted by Gasteiger charge is -2.45. The number of nitriles is 3. The number of nitrogens with two attached hydrogens (primary N) is 1. The molecule has 0 bridgehead atoms. The van der Waals surface area contributed by atoms with Crippen molar-refractivity contribution in [1.29, 1.82) is 15.8 Å². The van der Waals surface area contributed by atoms with Crippen LogP contribution in [0.1, 0.15) is 17.0 Å². The molecule has 0 saturated heterocycles. The molecule has 4 rings (SSSR count). The SMILES string of the molecule is N#CC1=C(N)C(C#N)(C#N)[C@H](c2ccc(Br)cc2)[C@@H]2CN(C(=O)OCc3ccccc3)CC=C12. The van der Waals surface area contributed by atoms with Crippen molar-refractivity contribution in [3.8, 4) is 18.2 Å². The summed E-state index contributed by atoms with van der Waals surface area (Å²) in [4.78, 5) is 14.4. The Kier molecular flexibility index (Phi) is 6.41. The van der Waals surface area contributed by atoms with Gasteiger partial charge in [0.2, 0.25) is 0 Å². The van der Waals surface area contributed by atoms with E-state index in [9.17, 15) is 20.6 Å². The van der Waals surface area contributed by atoms with Crippen LogP contribution in [-0.4, -0.2) is 24.1 Å². The number of nitrogens with zero attached hydrogens (tertiary/aromatic N) is 4. The van der Waals surface area contributed by atoms with E-state index in [-0.39, 0.29) is 31.0 Å². The number of rotatable bonds is 3. The molecule has 1 aliphatic heterocycles. The monoisotopic (exact) mass is 513 g/mol. The lowest BCUT2D eigenvalue weighted by Crippen LogP contribution is -2.49. The molecule has 34 heavy (non-hydrogen) atoms. The maximum Gasteiger partial charge on any atom is 0.410 e. The standard InChI is InChI=1S/C26H20BrN5O2/c27-19-8-6-18(7-9-19)23-22-13-32(25(33)34-14-17-4-2-1-3-5-17)11-10-20(22)21(12-28)24(31)26(23,15-29)16-30/h1-10,22-23H,11,13-14,31H2/t22-,23-/m1/s1. The first-order valence-electron chi connectivity index (χ1n) is 10.6. The van der Waals surface area contributed by atoms with Crippen LogP contribution in [0, 0.1) is 45.3 Å². The molecule has 7 nitrogen and oxygen atoms in total. The molecule has 2 atom stereocenters. The van der Waals surface area contributed by atoms with Crippen molar-refractivity contribution in [2.45, 2.75) is 12.5 Å². The smallest absolute Gasteiger partial charge is 0.410 e. The van der Waals surface area contributed by atoms with E-state index < -0.39 is 23.3 Å². The maximum atomic E-state index is 12.9. The van der Waals surface area contributed by atoms with Gasteiger partial charge in [0.1, 0.15) is 12.7 Å². The minimum atomic E-state index is -1.75. The van der Waals surface area contributed by atoms with Gasteiger partial charge in [-0.25, -0.2) is 4.79 Å². The van der Waals surface area contributed by atoms with Gasteiger partial charge in [-0.3, -0.25) is 0 Å². The topological polar surface area (TPSA) is 127 Å². The van der Waals surface area contributed by atoms with Crippen molar-refractivity contribution < 1.29 is 9.53 Å². The molecule has 8 heteroatoms. The van der Waals surface area contributed by atoms with Crippen LogP contribution in [0.25, 0.3) is 0 Å². The Balaban J connectivity index is 1.73. The van der Waals surface area contributed by atoms with Crippen molar-refractivity contribution >= 4 is 22.0 Å². The number of benzene rings is 2. The molecule has 0 spiro atoms. The van der Waals surface area contributed by atoms with Crippen LogP contribution < -0.4 is 5.73 Å². The number of hydrogen-bond acceptors (Lipinski definition) is 6. The summed E-state index contributed by atoms with van der Waals surface area (Å²) in [5.41, 5.74) is 6.90. The second kappa shape index (κ2) is 9.43. The van der Waals surface area contributed by atoms with Crippen molar-refractivity contribution in [3.63, 3.8) is 0 Å². The summed E-state index contributed by atoms with van der Waals surface area (Å²) in [5, 5.41) is 30.2. The second-order valence-corrected chi connectivity index (χ2v) is 9.09. The third-order valence-electron chi connectivity index (χ3n) is 6.36. The van der Waals surface area contributed by atoms with Crippen molar-refractivity contribution in [2.24, 2.45) is 17.1 Å². The van der Waals surface area contributed by atoms with Gasteiger partial charge in [0, 0.05) is 29.4 Å². The number of allylic oxidation sites excluding steroid dienone is 2. The number of amides is 1. The molecule has 0 unspecified atom stereocenters. The van der Waals surface area contributed by atoms with Gasteiger partial charge in [-0.05, 0) is 28.8 Å². The van der Waals surface area contributed by atoms with Crippen LogP contribution in [0.15, 0.2) is 82.0 Å². The molecule has 1 aliphatic carbocycles. The average molecular weight is 514 g/mol. The van der Waals surface area contributed by atoms with Gasteiger partial charge in [0.05, 0.1) is 23.4 Å². The van der Waals surface area contributed by atoms with E-state index in [1.807, 2.05) is 54.6 Å². The molecule has 0 saturated carbocycles. The van der Waals surface area contributed by atoms with Gasteiger partial charge in [-0.2, -0.15) is 15.8 Å². The molecule has 0 aromatic heterocycles. The van der Waals surface area contributed by atoms with E-state index in [1.165, 1.54) is 4.90 Å². The minimum absolute atomic E-state index is 0.0458. The maximum absolute atomic E-state index is 12.9. The Labute approximate surface area is 206 Å². The Morgan fingerprint density at radius 3 is 2.41 bits per heavy atom. The molecule has 1 amide bonds. The second-order valence-electron chi connectivity index (χ2n) is 8.17. The number of carbonyl (C=O) groups excluding carboxylic acids is 1. The first kappa shape index (κ1) is 23.1. The molecule has 2 N–H and O–H groups in total. The van der Waals surface area contributed by atoms with E-state index in [2.05, 4.69) is 34.1 Å². The summed E-state index contributed by atoms with van der Waals surface area (Å²) >= 11 is 3.41. The molecule has 2 aromatic rings. The van der Waals surface area contributed by atoms with Gasteiger partial charge >= 0.3 is 6.09 Å². The minimum Gasteiger partial charge on any atom is -0.445 e. The van der Waals surface area contributed by atoms with Gasteiger partial charge in [0.15, 0.2) is 5.41 Å². The Hall–Kier alpha value is -4.06. The van der Waals surface area contributed by atoms with Crippen molar-refractivity contribution in [1.82, 2.24) is 4.90 Å². The zero-order chi connectivity index (χ0) is 24.3. The summed E-state index contributed by atoms with van der Waals surface area (Å²) in [5.74, 6) is -1.16. The molecule has 168 valence electrons. The number of fused-ring (bicyclic) bond motifs is 1. The number of hydrogen-bond donors (Lipinski definition) is 1. The van der Waals surface area contributed by atoms with E-state index in [4.69, 9.17) is 10.5 Å². The van der Waals surface area contributed by atoms with Crippen LogP contribution in [0.3, 0.4) is 0 Å². The fourth-order valence-electron chi connectivity index (χ4n) is 4.69. The van der Waals surface area contributed by atoms with Crippen LogP contribution in [0.4, 0.5) is 4.79 Å². The number of halogens is 1. The summed E-state index contributed by atoms with van der Waals surface area (Å²) < 4.78 is 6.35. The molecule has 0 radical (unpaired) electrons. The highest BCUT2D eigenvalue weighted by molar-refractivity contribution is 9.10. The van der Waals surface area contributed by atoms with E-state index in [0.717, 1.165) is 15.6 Å². The highest BCUT2D eigenvalue weighted by Gasteiger charge is 2.54. The third-order valence-corrected chi connectivity index (χ3v) is 6.89. The predicted octanol–water partition coefficient (Wildman–Crippen LogP) is 4.51. The largest absolute Gasteiger partial charge is 0.445 e. The average Bonchev–Trinajstić information content (AvgIpc) is 2.88. The van der Waals surface area contributed by atoms with Crippen LogP contribution in [0.5, 0.6) is 0 Å². The highest BCUT2D eigenvalue weighted by atomic mass is 79.9. The molecular weight excluding hydrogens is 494 g/mol. The molecular formula is C26H20BrN5O2. The van der Waals surface area contributed by atoms with Crippen LogP contribution in [0.2, 0.25) is 0 Å². The van der Waals surface area contributed by atoms with Gasteiger partial charge in [-0.1, -0.05) is 64.5 Å². The lowest BCUT2D eigenvalue weighted by atomic mass is 9.58. The van der Waals surface area contributed by atoms with Crippen molar-refractivity contribution in [3.05, 3.63) is 93.1 Å². The fourth-order valence-corrected chi connectivity index (χ4v) is 4.95. The van der Waals surface area contributed by atoms with Gasteiger partial charge in [-0.15, -0.1) is 0 Å². The number of carbonyl (C=O) groups is 1. The predicted molar refractivity (Wildman–Crippen MR) is 127 cm³/mol. The summed E-state index contributed by atoms with van der Waals surface area (Å²) in [6.45, 7) is 0.547. The van der Waals surface area contributed by atoms with E-state index in [1.54, 1.807) is 6.08 Å². The van der Waals surface area contributed by atoms with Crippen LogP contribution >= 0.6 is 15.9 Å². The van der Waals surface area contributed by atoms with Crippen molar-refractivity contribution in [2.75, 3.05) is 13.1 Å². The zero-order valence-corrected chi connectivity index (χ0v) is 19.7. The lowest BCUT2D eigenvalue weighted by molar-refractivity contribution is 0.0898. The summed E-state index contributed by atoms with van der Waals surface area (Å²) in [7, 11) is 0. The van der Waals surface area contributed by atoms with E-state index >= 15 is 0 Å². The summed E-state index contributed by atoms with van der Waals surface area (Å²) in [6, 6.07) is 23.0. The molecule has 2 aromatic carbocycles. The quantitative estimate of drug-likeness (QED) is 0.642. The van der Waals surface area contributed by atoms with Gasteiger partial charge in [0.25, 0.3) is 0 Å².